The lowest BCUT2D eigenvalue weighted by atomic mass is 9.88. The van der Waals surface area contributed by atoms with Crippen molar-refractivity contribution in [3.05, 3.63) is 71.8 Å². The maximum absolute atomic E-state index is 13.0. The molecule has 0 saturated carbocycles. The first kappa shape index (κ1) is 22.4. The minimum Gasteiger partial charge on any atom is -0.343 e. The number of halogens is 1. The Morgan fingerprint density at radius 1 is 0.964 bits per heavy atom. The molecule has 1 aliphatic heterocycles. The molecule has 3 nitrogen and oxygen atoms in total. The summed E-state index contributed by atoms with van der Waals surface area (Å²) in [5.74, 6) is 1.18. The largest absolute Gasteiger partial charge is 0.343 e. The monoisotopic (exact) mass is 400 g/mol. The molecule has 2 N–H and O–H groups in total. The van der Waals surface area contributed by atoms with Crippen LogP contribution in [0, 0.1) is 11.8 Å². The van der Waals surface area contributed by atoms with Crippen LogP contribution in [0.15, 0.2) is 60.7 Å². The van der Waals surface area contributed by atoms with Gasteiger partial charge in [0.15, 0.2) is 0 Å². The molecule has 2 aromatic carbocycles. The van der Waals surface area contributed by atoms with E-state index in [4.69, 9.17) is 5.73 Å². The number of amides is 1. The van der Waals surface area contributed by atoms with Crippen molar-refractivity contribution >= 4 is 18.3 Å². The van der Waals surface area contributed by atoms with Crippen LogP contribution >= 0.6 is 12.4 Å². The van der Waals surface area contributed by atoms with Crippen LogP contribution in [0.3, 0.4) is 0 Å². The molecule has 1 atom stereocenters. The minimum atomic E-state index is 0. The fourth-order valence-corrected chi connectivity index (χ4v) is 4.16. The first-order valence-corrected chi connectivity index (χ1v) is 10.2. The van der Waals surface area contributed by atoms with Gasteiger partial charge in [0.05, 0.1) is 0 Å². The summed E-state index contributed by atoms with van der Waals surface area (Å²) in [5, 5.41) is 0. The Bertz CT molecular complexity index is 656. The van der Waals surface area contributed by atoms with E-state index in [1.807, 2.05) is 12.1 Å². The normalized spacial score (nSPS) is 15.9. The van der Waals surface area contributed by atoms with Crippen LogP contribution in [0.5, 0.6) is 0 Å². The Labute approximate surface area is 175 Å². The van der Waals surface area contributed by atoms with Crippen molar-refractivity contribution in [1.82, 2.24) is 4.90 Å². The highest BCUT2D eigenvalue weighted by Gasteiger charge is 2.26. The molecular weight excluding hydrogens is 368 g/mol. The Balaban J connectivity index is 0.00000280. The summed E-state index contributed by atoms with van der Waals surface area (Å²) in [6.07, 6.45) is 4.57. The predicted molar refractivity (Wildman–Crippen MR) is 119 cm³/mol. The number of carbonyl (C=O) groups is 1. The molecule has 1 fully saturated rings. The lowest BCUT2D eigenvalue weighted by Crippen LogP contribution is -2.43. The van der Waals surface area contributed by atoms with Gasteiger partial charge in [-0.3, -0.25) is 4.79 Å². The minimum absolute atomic E-state index is 0. The maximum atomic E-state index is 13.0. The molecule has 1 heterocycles. The van der Waals surface area contributed by atoms with E-state index in [1.165, 1.54) is 11.1 Å². The van der Waals surface area contributed by atoms with Gasteiger partial charge in [0.25, 0.3) is 0 Å². The van der Waals surface area contributed by atoms with Crippen LogP contribution in [0.4, 0.5) is 0 Å². The summed E-state index contributed by atoms with van der Waals surface area (Å²) >= 11 is 0. The number of nitrogens with zero attached hydrogens (tertiary/aromatic N) is 1. The molecule has 4 heteroatoms. The van der Waals surface area contributed by atoms with Crippen molar-refractivity contribution in [1.29, 1.82) is 0 Å². The van der Waals surface area contributed by atoms with E-state index in [1.54, 1.807) is 0 Å². The van der Waals surface area contributed by atoms with E-state index in [-0.39, 0.29) is 18.4 Å². The van der Waals surface area contributed by atoms with Gasteiger partial charge in [0.1, 0.15) is 0 Å². The van der Waals surface area contributed by atoms with Gasteiger partial charge < -0.3 is 10.6 Å². The van der Waals surface area contributed by atoms with Gasteiger partial charge in [-0.15, -0.1) is 12.4 Å². The van der Waals surface area contributed by atoms with Gasteiger partial charge in [0.2, 0.25) is 5.91 Å². The third-order valence-corrected chi connectivity index (χ3v) is 5.83. The molecule has 0 aromatic heterocycles. The molecule has 0 aliphatic carbocycles. The molecule has 3 rings (SSSR count). The molecule has 28 heavy (non-hydrogen) atoms. The topological polar surface area (TPSA) is 46.3 Å². The summed E-state index contributed by atoms with van der Waals surface area (Å²) < 4.78 is 0. The number of piperidine rings is 1. The van der Waals surface area contributed by atoms with E-state index in [0.717, 1.165) is 38.8 Å². The number of hydrogen-bond acceptors (Lipinski definition) is 2. The first-order valence-electron chi connectivity index (χ1n) is 10.2. The van der Waals surface area contributed by atoms with Gasteiger partial charge in [-0.25, -0.2) is 0 Å². The van der Waals surface area contributed by atoms with E-state index in [2.05, 4.69) is 60.4 Å². The van der Waals surface area contributed by atoms with Crippen LogP contribution in [-0.2, 0) is 17.6 Å². The van der Waals surface area contributed by atoms with Crippen molar-refractivity contribution in [2.75, 3.05) is 13.1 Å². The number of benzene rings is 2. The fourth-order valence-electron chi connectivity index (χ4n) is 4.16. The first-order chi connectivity index (χ1) is 13.1. The maximum Gasteiger partial charge on any atom is 0.222 e. The van der Waals surface area contributed by atoms with Crippen molar-refractivity contribution in [3.8, 4) is 0 Å². The predicted octanol–water partition coefficient (Wildman–Crippen LogP) is 4.49. The van der Waals surface area contributed by atoms with Crippen LogP contribution in [0.1, 0.15) is 37.3 Å². The van der Waals surface area contributed by atoms with E-state index >= 15 is 0 Å². The molecule has 0 bridgehead atoms. The molecule has 0 radical (unpaired) electrons. The second-order valence-electron chi connectivity index (χ2n) is 8.03. The zero-order chi connectivity index (χ0) is 19.1. The number of carbonyl (C=O) groups excluding carboxylic acids is 1. The zero-order valence-corrected chi connectivity index (χ0v) is 17.6. The Kier molecular flexibility index (Phi) is 9.01. The van der Waals surface area contributed by atoms with Crippen molar-refractivity contribution in [2.24, 2.45) is 17.6 Å². The molecule has 1 aliphatic rings. The van der Waals surface area contributed by atoms with Crippen LogP contribution < -0.4 is 5.73 Å². The SMILES string of the molecule is CC(N)C1CCN(C(=O)CC(Cc2ccccc2)Cc2ccccc2)CC1.Cl. The third-order valence-electron chi connectivity index (χ3n) is 5.83. The van der Waals surface area contributed by atoms with Gasteiger partial charge in [0, 0.05) is 25.6 Å². The van der Waals surface area contributed by atoms with Crippen LogP contribution in [-0.4, -0.2) is 29.9 Å². The Hall–Kier alpha value is -1.84. The average Bonchev–Trinajstić information content (AvgIpc) is 2.69. The summed E-state index contributed by atoms with van der Waals surface area (Å²) in [6.45, 7) is 3.79. The molecule has 1 amide bonds. The highest BCUT2D eigenvalue weighted by atomic mass is 35.5. The molecule has 2 aromatic rings. The molecular formula is C24H33ClN2O. The van der Waals surface area contributed by atoms with Gasteiger partial charge in [-0.2, -0.15) is 0 Å². The van der Waals surface area contributed by atoms with Crippen molar-refractivity contribution < 1.29 is 4.79 Å². The van der Waals surface area contributed by atoms with Crippen LogP contribution in [0.2, 0.25) is 0 Å². The average molecular weight is 401 g/mol. The summed E-state index contributed by atoms with van der Waals surface area (Å²) in [4.78, 5) is 15.0. The highest BCUT2D eigenvalue weighted by molar-refractivity contribution is 5.85. The van der Waals surface area contributed by atoms with Gasteiger partial charge >= 0.3 is 0 Å². The Morgan fingerprint density at radius 3 is 1.86 bits per heavy atom. The molecule has 152 valence electrons. The quantitative estimate of drug-likeness (QED) is 0.744. The second-order valence-corrected chi connectivity index (χ2v) is 8.03. The van der Waals surface area contributed by atoms with E-state index < -0.39 is 0 Å². The summed E-state index contributed by atoms with van der Waals surface area (Å²) in [6, 6.07) is 21.3. The lowest BCUT2D eigenvalue weighted by Gasteiger charge is -2.34. The van der Waals surface area contributed by atoms with Gasteiger partial charge in [-0.05, 0) is 55.6 Å². The molecule has 0 spiro atoms. The van der Waals surface area contributed by atoms with Crippen LogP contribution in [0.25, 0.3) is 0 Å². The summed E-state index contributed by atoms with van der Waals surface area (Å²) in [7, 11) is 0. The third kappa shape index (κ3) is 6.65. The van der Waals surface area contributed by atoms with Crippen molar-refractivity contribution in [3.63, 3.8) is 0 Å². The number of likely N-dealkylation sites (tertiary alicyclic amines) is 1. The number of hydrogen-bond donors (Lipinski definition) is 1. The van der Waals surface area contributed by atoms with E-state index in [0.29, 0.717) is 24.2 Å². The zero-order valence-electron chi connectivity index (χ0n) is 16.8. The smallest absolute Gasteiger partial charge is 0.222 e. The highest BCUT2D eigenvalue weighted by Crippen LogP contribution is 2.23. The molecule has 1 unspecified atom stereocenters. The number of rotatable bonds is 7. The lowest BCUT2D eigenvalue weighted by molar-refractivity contribution is -0.133. The number of nitrogens with two attached hydrogens (primary N) is 1. The Morgan fingerprint density at radius 2 is 1.43 bits per heavy atom. The summed E-state index contributed by atoms with van der Waals surface area (Å²) in [5.41, 5.74) is 8.65. The van der Waals surface area contributed by atoms with Gasteiger partial charge in [-0.1, -0.05) is 60.7 Å². The molecule has 1 saturated heterocycles. The standard InChI is InChI=1S/C24H32N2O.ClH/c1-19(25)23-12-14-26(15-13-23)24(27)18-22(16-20-8-4-2-5-9-20)17-21-10-6-3-7-11-21;/h2-11,19,22-23H,12-18,25H2,1H3;1H. The second kappa shape index (κ2) is 11.2. The van der Waals surface area contributed by atoms with E-state index in [9.17, 15) is 4.79 Å². The fraction of sp³-hybridized carbons (Fsp3) is 0.458. The van der Waals surface area contributed by atoms with Crippen molar-refractivity contribution in [2.45, 2.75) is 45.1 Å².